The van der Waals surface area contributed by atoms with E-state index in [4.69, 9.17) is 11.6 Å². The van der Waals surface area contributed by atoms with E-state index < -0.39 is 16.9 Å². The van der Waals surface area contributed by atoms with E-state index in [9.17, 15) is 13.2 Å². The lowest BCUT2D eigenvalue weighted by molar-refractivity contribution is 0.537. The summed E-state index contributed by atoms with van der Waals surface area (Å²) in [6.45, 7) is 0. The number of hydrogen-bond donors (Lipinski definition) is 2. The molecular weight excluding hydrogens is 367 g/mol. The first-order valence-electron chi connectivity index (χ1n) is 7.03. The van der Waals surface area contributed by atoms with Crippen molar-refractivity contribution in [3.63, 3.8) is 0 Å². The molecule has 0 aliphatic heterocycles. The minimum Gasteiger partial charge on any atom is -0.768 e. The molecular formula is C16H11ClFN4O2S-. The number of rotatable bonds is 5. The Bertz CT molecular complexity index is 924. The topological polar surface area (TPSA) is 90.0 Å². The Labute approximate surface area is 150 Å². The Morgan fingerprint density at radius 1 is 1.04 bits per heavy atom. The number of nitrogens with zero attached hydrogens (tertiary/aromatic N) is 2. The number of halogens is 2. The minimum absolute atomic E-state index is 0.00764. The number of benzene rings is 2. The molecule has 2 N–H and O–H groups in total. The fourth-order valence-electron chi connectivity index (χ4n) is 1.99. The van der Waals surface area contributed by atoms with E-state index in [1.807, 2.05) is 0 Å². The van der Waals surface area contributed by atoms with E-state index in [-0.39, 0.29) is 9.92 Å². The second kappa shape index (κ2) is 7.56. The standard InChI is InChI=1S/C16H12ClFN4O2S/c17-13-9-11(3-6-14(13)18)20-15-7-8-19-16(22-15)21-10-1-4-12(5-2-10)25(23)24/h1-9H,(H,23,24)(H2,19,20,21,22)/p-1. The smallest absolute Gasteiger partial charge is 0.229 e. The number of aromatic nitrogens is 2. The summed E-state index contributed by atoms with van der Waals surface area (Å²) in [6, 6.07) is 12.0. The lowest BCUT2D eigenvalue weighted by Gasteiger charge is -2.10. The fourth-order valence-corrected chi connectivity index (χ4v) is 2.53. The molecule has 0 bridgehead atoms. The third kappa shape index (κ3) is 4.50. The van der Waals surface area contributed by atoms with Crippen LogP contribution < -0.4 is 10.6 Å². The second-order valence-corrected chi connectivity index (χ2v) is 6.25. The van der Waals surface area contributed by atoms with Crippen LogP contribution in [0.2, 0.25) is 5.02 Å². The highest BCUT2D eigenvalue weighted by atomic mass is 35.5. The molecule has 0 saturated heterocycles. The van der Waals surface area contributed by atoms with Gasteiger partial charge >= 0.3 is 0 Å². The molecule has 0 aliphatic rings. The second-order valence-electron chi connectivity index (χ2n) is 4.90. The van der Waals surface area contributed by atoms with Gasteiger partial charge < -0.3 is 15.2 Å². The van der Waals surface area contributed by atoms with Gasteiger partial charge in [-0.15, -0.1) is 0 Å². The Morgan fingerprint density at radius 3 is 2.44 bits per heavy atom. The summed E-state index contributed by atoms with van der Waals surface area (Å²) in [7, 11) is 0. The third-order valence-corrected chi connectivity index (χ3v) is 4.10. The van der Waals surface area contributed by atoms with E-state index in [2.05, 4.69) is 20.6 Å². The summed E-state index contributed by atoms with van der Waals surface area (Å²) in [5.41, 5.74) is 1.22. The maximum atomic E-state index is 13.2. The molecule has 2 aromatic carbocycles. The van der Waals surface area contributed by atoms with Crippen molar-refractivity contribution < 1.29 is 13.2 Å². The zero-order chi connectivity index (χ0) is 17.8. The zero-order valence-electron chi connectivity index (χ0n) is 12.6. The summed E-state index contributed by atoms with van der Waals surface area (Å²) >= 11 is 3.48. The van der Waals surface area contributed by atoms with Gasteiger partial charge in [-0.05, 0) is 59.6 Å². The number of hydrogen-bond acceptors (Lipinski definition) is 6. The van der Waals surface area contributed by atoms with Gasteiger partial charge in [0.15, 0.2) is 0 Å². The predicted octanol–water partition coefficient (Wildman–Crippen LogP) is 3.99. The van der Waals surface area contributed by atoms with Crippen LogP contribution >= 0.6 is 11.6 Å². The van der Waals surface area contributed by atoms with E-state index in [1.165, 1.54) is 30.3 Å². The van der Waals surface area contributed by atoms with Crippen molar-refractivity contribution in [1.82, 2.24) is 9.97 Å². The van der Waals surface area contributed by atoms with Crippen molar-refractivity contribution in [1.29, 1.82) is 0 Å². The highest BCUT2D eigenvalue weighted by Gasteiger charge is 2.04. The predicted molar refractivity (Wildman–Crippen MR) is 93.6 cm³/mol. The first-order chi connectivity index (χ1) is 12.0. The monoisotopic (exact) mass is 377 g/mol. The number of nitrogens with one attached hydrogen (secondary N) is 2. The maximum Gasteiger partial charge on any atom is 0.229 e. The summed E-state index contributed by atoms with van der Waals surface area (Å²) < 4.78 is 34.9. The third-order valence-electron chi connectivity index (χ3n) is 3.15. The molecule has 128 valence electrons. The maximum absolute atomic E-state index is 13.2. The molecule has 0 aliphatic carbocycles. The molecule has 0 spiro atoms. The number of anilines is 4. The van der Waals surface area contributed by atoms with Gasteiger partial charge in [-0.3, -0.25) is 4.21 Å². The van der Waals surface area contributed by atoms with Gasteiger partial charge in [0.25, 0.3) is 0 Å². The SMILES string of the molecule is O=S([O-])c1ccc(Nc2nccc(Nc3ccc(F)c(Cl)c3)n2)cc1. The molecule has 25 heavy (non-hydrogen) atoms. The van der Waals surface area contributed by atoms with Crippen LogP contribution in [-0.2, 0) is 11.1 Å². The molecule has 1 heterocycles. The van der Waals surface area contributed by atoms with E-state index in [0.717, 1.165) is 0 Å². The Balaban J connectivity index is 1.74. The Morgan fingerprint density at radius 2 is 1.76 bits per heavy atom. The van der Waals surface area contributed by atoms with Crippen LogP contribution in [0.5, 0.6) is 0 Å². The molecule has 6 nitrogen and oxygen atoms in total. The van der Waals surface area contributed by atoms with Crippen LogP contribution in [0.1, 0.15) is 0 Å². The summed E-state index contributed by atoms with van der Waals surface area (Å²) in [6.07, 6.45) is 1.55. The molecule has 0 fully saturated rings. The van der Waals surface area contributed by atoms with Crippen LogP contribution in [0.25, 0.3) is 0 Å². The van der Waals surface area contributed by atoms with Gasteiger partial charge in [-0.25, -0.2) is 9.37 Å². The molecule has 1 aromatic heterocycles. The van der Waals surface area contributed by atoms with Crippen molar-refractivity contribution >= 4 is 45.8 Å². The normalized spacial score (nSPS) is 11.8. The Kier molecular flexibility index (Phi) is 5.22. The average Bonchev–Trinajstić information content (AvgIpc) is 2.59. The van der Waals surface area contributed by atoms with Gasteiger partial charge in [0.1, 0.15) is 11.6 Å². The van der Waals surface area contributed by atoms with Crippen molar-refractivity contribution in [3.05, 3.63) is 65.6 Å². The summed E-state index contributed by atoms with van der Waals surface area (Å²) in [5, 5.41) is 5.97. The first kappa shape index (κ1) is 17.3. The van der Waals surface area contributed by atoms with Crippen LogP contribution in [-0.4, -0.2) is 18.7 Å². The van der Waals surface area contributed by atoms with E-state index in [0.29, 0.717) is 23.1 Å². The van der Waals surface area contributed by atoms with Gasteiger partial charge in [0.05, 0.1) is 5.02 Å². The first-order valence-corrected chi connectivity index (χ1v) is 8.48. The lowest BCUT2D eigenvalue weighted by Crippen LogP contribution is -2.00. The molecule has 3 rings (SSSR count). The van der Waals surface area contributed by atoms with Crippen molar-refractivity contribution in [3.8, 4) is 0 Å². The van der Waals surface area contributed by atoms with Crippen LogP contribution in [0.3, 0.4) is 0 Å². The van der Waals surface area contributed by atoms with Crippen LogP contribution in [0.4, 0.5) is 27.5 Å². The zero-order valence-corrected chi connectivity index (χ0v) is 14.1. The van der Waals surface area contributed by atoms with Crippen molar-refractivity contribution in [2.24, 2.45) is 0 Å². The van der Waals surface area contributed by atoms with Crippen molar-refractivity contribution in [2.75, 3.05) is 10.6 Å². The van der Waals surface area contributed by atoms with Crippen LogP contribution in [0.15, 0.2) is 59.6 Å². The molecule has 9 heteroatoms. The van der Waals surface area contributed by atoms with Gasteiger partial charge in [0, 0.05) is 22.5 Å². The molecule has 1 unspecified atom stereocenters. The summed E-state index contributed by atoms with van der Waals surface area (Å²) in [5.74, 6) is 0.298. The molecule has 0 saturated carbocycles. The largest absolute Gasteiger partial charge is 0.768 e. The fraction of sp³-hybridized carbons (Fsp3) is 0. The molecule has 0 radical (unpaired) electrons. The molecule has 1 atom stereocenters. The van der Waals surface area contributed by atoms with Crippen molar-refractivity contribution in [2.45, 2.75) is 4.90 Å². The highest BCUT2D eigenvalue weighted by Crippen LogP contribution is 2.23. The minimum atomic E-state index is -2.27. The summed E-state index contributed by atoms with van der Waals surface area (Å²) in [4.78, 5) is 8.57. The molecule has 3 aromatic rings. The quantitative estimate of drug-likeness (QED) is 0.653. The molecule has 0 amide bonds. The van der Waals surface area contributed by atoms with E-state index in [1.54, 1.807) is 24.4 Å². The lowest BCUT2D eigenvalue weighted by atomic mass is 10.3. The van der Waals surface area contributed by atoms with Gasteiger partial charge in [0.2, 0.25) is 5.95 Å². The average molecular weight is 378 g/mol. The highest BCUT2D eigenvalue weighted by molar-refractivity contribution is 7.79. The van der Waals surface area contributed by atoms with Crippen LogP contribution in [0, 0.1) is 5.82 Å². The van der Waals surface area contributed by atoms with Gasteiger partial charge in [-0.1, -0.05) is 11.6 Å². The Hall–Kier alpha value is -2.55. The van der Waals surface area contributed by atoms with Gasteiger partial charge in [-0.2, -0.15) is 4.98 Å². The van der Waals surface area contributed by atoms with E-state index >= 15 is 0 Å².